The molecule has 1 amide bonds. The van der Waals surface area contributed by atoms with Crippen LogP contribution in [0.3, 0.4) is 0 Å². The second-order valence-corrected chi connectivity index (χ2v) is 8.17. The normalized spacial score (nSPS) is 11.4. The number of nitrogens with zero attached hydrogens (tertiary/aromatic N) is 3. The molecule has 6 heteroatoms. The molecule has 0 unspecified atom stereocenters. The van der Waals surface area contributed by atoms with Gasteiger partial charge >= 0.3 is 0 Å². The maximum absolute atomic E-state index is 12.1. The number of hydrogen-bond acceptors (Lipinski definition) is 4. The molecule has 0 radical (unpaired) electrons. The van der Waals surface area contributed by atoms with Crippen LogP contribution in [0.5, 0.6) is 0 Å². The summed E-state index contributed by atoms with van der Waals surface area (Å²) in [6, 6.07) is 18.5. The Morgan fingerprint density at radius 2 is 2.00 bits per heavy atom. The molecule has 0 saturated carbocycles. The number of carbonyl (C=O) groups is 1. The van der Waals surface area contributed by atoms with E-state index in [1.54, 1.807) is 24.5 Å². The third kappa shape index (κ3) is 3.62. The van der Waals surface area contributed by atoms with Crippen LogP contribution >= 0.6 is 11.3 Å². The van der Waals surface area contributed by atoms with Gasteiger partial charge in [0, 0.05) is 42.7 Å². The first-order valence-electron chi connectivity index (χ1n) is 9.90. The van der Waals surface area contributed by atoms with Gasteiger partial charge in [0.15, 0.2) is 4.96 Å². The van der Waals surface area contributed by atoms with Crippen LogP contribution in [0.25, 0.3) is 27.0 Å². The minimum Gasteiger partial charge on any atom is -0.467 e. The van der Waals surface area contributed by atoms with Gasteiger partial charge in [-0.15, -0.1) is 11.3 Å². The Kier molecular flexibility index (Phi) is 4.85. The van der Waals surface area contributed by atoms with E-state index in [1.807, 2.05) is 17.0 Å². The smallest absolute Gasteiger partial charge is 0.219 e. The molecule has 2 aromatic carbocycles. The second-order valence-electron chi connectivity index (χ2n) is 7.34. The summed E-state index contributed by atoms with van der Waals surface area (Å²) in [5.41, 5.74) is 3.23. The average molecular weight is 416 g/mol. The lowest BCUT2D eigenvalue weighted by molar-refractivity contribution is -0.129. The van der Waals surface area contributed by atoms with E-state index < -0.39 is 0 Å². The highest BCUT2D eigenvalue weighted by atomic mass is 32.1. The molecular formula is C24H21N3O2S. The number of benzene rings is 2. The third-order valence-corrected chi connectivity index (χ3v) is 6.23. The van der Waals surface area contributed by atoms with E-state index in [9.17, 15) is 4.79 Å². The second kappa shape index (κ2) is 7.80. The topological polar surface area (TPSA) is 50.8 Å². The molecule has 5 nitrogen and oxygen atoms in total. The van der Waals surface area contributed by atoms with Gasteiger partial charge < -0.3 is 9.32 Å². The standard InChI is InChI=1S/C24H21N3O2S/c1-17(28)26(14-22-7-4-12-29-22)11-10-21-16-30-24-25-23(15-27(21)24)20-9-8-18-5-2-3-6-19(18)13-20/h2-9,12-13,15-16H,10-11,14H2,1H3. The van der Waals surface area contributed by atoms with Crippen molar-refractivity contribution in [3.05, 3.63) is 83.9 Å². The summed E-state index contributed by atoms with van der Waals surface area (Å²) >= 11 is 1.63. The van der Waals surface area contributed by atoms with Gasteiger partial charge in [-0.25, -0.2) is 4.98 Å². The number of carbonyl (C=O) groups excluding carboxylic acids is 1. The van der Waals surface area contributed by atoms with Crippen LogP contribution in [0, 0.1) is 0 Å². The number of hydrogen-bond donors (Lipinski definition) is 0. The predicted molar refractivity (Wildman–Crippen MR) is 120 cm³/mol. The van der Waals surface area contributed by atoms with Gasteiger partial charge in [0.05, 0.1) is 18.5 Å². The molecular weight excluding hydrogens is 394 g/mol. The molecule has 0 spiro atoms. The van der Waals surface area contributed by atoms with E-state index in [-0.39, 0.29) is 5.91 Å². The van der Waals surface area contributed by atoms with Gasteiger partial charge in [0.1, 0.15) is 5.76 Å². The largest absolute Gasteiger partial charge is 0.467 e. The lowest BCUT2D eigenvalue weighted by Gasteiger charge is -2.19. The van der Waals surface area contributed by atoms with Crippen molar-refractivity contribution in [2.24, 2.45) is 0 Å². The fourth-order valence-electron chi connectivity index (χ4n) is 3.68. The number of furan rings is 1. The maximum Gasteiger partial charge on any atom is 0.219 e. The van der Waals surface area contributed by atoms with Crippen molar-refractivity contribution in [1.82, 2.24) is 14.3 Å². The van der Waals surface area contributed by atoms with Crippen molar-refractivity contribution in [2.45, 2.75) is 19.9 Å². The van der Waals surface area contributed by atoms with E-state index in [2.05, 4.69) is 58.4 Å². The van der Waals surface area contributed by atoms with E-state index in [0.29, 0.717) is 13.1 Å². The Morgan fingerprint density at radius 1 is 1.13 bits per heavy atom. The summed E-state index contributed by atoms with van der Waals surface area (Å²) < 4.78 is 7.54. The van der Waals surface area contributed by atoms with Crippen LogP contribution in [-0.4, -0.2) is 26.7 Å². The minimum atomic E-state index is 0.0420. The molecule has 0 atom stereocenters. The molecule has 0 aliphatic heterocycles. The molecule has 3 aromatic heterocycles. The Hall–Kier alpha value is -3.38. The summed E-state index contributed by atoms with van der Waals surface area (Å²) in [6.45, 7) is 2.72. The number of rotatable bonds is 6. The zero-order valence-electron chi connectivity index (χ0n) is 16.6. The van der Waals surface area contributed by atoms with E-state index in [1.165, 1.54) is 10.8 Å². The highest BCUT2D eigenvalue weighted by molar-refractivity contribution is 7.15. The average Bonchev–Trinajstić information content (AvgIpc) is 3.48. The molecule has 5 aromatic rings. The first-order valence-corrected chi connectivity index (χ1v) is 10.8. The van der Waals surface area contributed by atoms with E-state index in [0.717, 1.165) is 34.1 Å². The fraction of sp³-hybridized carbons (Fsp3) is 0.167. The summed E-state index contributed by atoms with van der Waals surface area (Å²) in [4.78, 5) is 19.7. The number of fused-ring (bicyclic) bond motifs is 2. The summed E-state index contributed by atoms with van der Waals surface area (Å²) in [5.74, 6) is 0.835. The van der Waals surface area contributed by atoms with Gasteiger partial charge in [-0.1, -0.05) is 36.4 Å². The van der Waals surface area contributed by atoms with Crippen LogP contribution in [0.15, 0.2) is 76.9 Å². The van der Waals surface area contributed by atoms with Gasteiger partial charge in [-0.2, -0.15) is 0 Å². The van der Waals surface area contributed by atoms with Crippen LogP contribution in [0.2, 0.25) is 0 Å². The molecule has 0 fully saturated rings. The summed E-state index contributed by atoms with van der Waals surface area (Å²) in [7, 11) is 0. The van der Waals surface area contributed by atoms with Gasteiger partial charge in [-0.3, -0.25) is 9.20 Å². The molecule has 0 saturated heterocycles. The number of amides is 1. The number of imidazole rings is 1. The monoisotopic (exact) mass is 415 g/mol. The van der Waals surface area contributed by atoms with Crippen LogP contribution < -0.4 is 0 Å². The molecule has 30 heavy (non-hydrogen) atoms. The van der Waals surface area contributed by atoms with Gasteiger partial charge in [0.25, 0.3) is 0 Å². The molecule has 0 aliphatic rings. The van der Waals surface area contributed by atoms with Crippen molar-refractivity contribution < 1.29 is 9.21 Å². The van der Waals surface area contributed by atoms with E-state index >= 15 is 0 Å². The van der Waals surface area contributed by atoms with E-state index in [4.69, 9.17) is 9.40 Å². The molecule has 0 aliphatic carbocycles. The van der Waals surface area contributed by atoms with Crippen molar-refractivity contribution in [1.29, 1.82) is 0 Å². The van der Waals surface area contributed by atoms with Crippen molar-refractivity contribution in [3.8, 4) is 11.3 Å². The third-order valence-electron chi connectivity index (χ3n) is 5.34. The first kappa shape index (κ1) is 18.6. The Morgan fingerprint density at radius 3 is 2.80 bits per heavy atom. The Balaban J connectivity index is 1.38. The highest BCUT2D eigenvalue weighted by Gasteiger charge is 2.14. The van der Waals surface area contributed by atoms with Crippen LogP contribution in [0.1, 0.15) is 18.4 Å². The highest BCUT2D eigenvalue weighted by Crippen LogP contribution is 2.27. The zero-order chi connectivity index (χ0) is 20.5. The van der Waals surface area contributed by atoms with Crippen LogP contribution in [0.4, 0.5) is 0 Å². The Bertz CT molecular complexity index is 1320. The first-order chi connectivity index (χ1) is 14.7. The van der Waals surface area contributed by atoms with Crippen molar-refractivity contribution in [2.75, 3.05) is 6.54 Å². The lowest BCUT2D eigenvalue weighted by atomic mass is 10.1. The zero-order valence-corrected chi connectivity index (χ0v) is 17.4. The quantitative estimate of drug-likeness (QED) is 0.373. The SMILES string of the molecule is CC(=O)N(CCc1csc2nc(-c3ccc4ccccc4c3)cn12)Cc1ccco1. The Labute approximate surface area is 178 Å². The summed E-state index contributed by atoms with van der Waals surface area (Å²) in [5, 5.41) is 4.56. The van der Waals surface area contributed by atoms with Gasteiger partial charge in [0.2, 0.25) is 5.91 Å². The number of aromatic nitrogens is 2. The fourth-order valence-corrected chi connectivity index (χ4v) is 4.59. The molecule has 3 heterocycles. The van der Waals surface area contributed by atoms with Crippen molar-refractivity contribution >= 4 is 33.0 Å². The van der Waals surface area contributed by atoms with Crippen LogP contribution in [-0.2, 0) is 17.8 Å². The maximum atomic E-state index is 12.1. The predicted octanol–water partition coefficient (Wildman–Crippen LogP) is 5.40. The van der Waals surface area contributed by atoms with Gasteiger partial charge in [-0.05, 0) is 29.0 Å². The van der Waals surface area contributed by atoms with Crippen molar-refractivity contribution in [3.63, 3.8) is 0 Å². The molecule has 0 bridgehead atoms. The molecule has 150 valence electrons. The summed E-state index contributed by atoms with van der Waals surface area (Å²) in [6.07, 6.45) is 4.49. The molecule has 5 rings (SSSR count). The lowest BCUT2D eigenvalue weighted by Crippen LogP contribution is -2.30. The molecule has 0 N–H and O–H groups in total. The minimum absolute atomic E-state index is 0.0420. The number of thiazole rings is 1.